The van der Waals surface area contributed by atoms with Crippen LogP contribution in [0.3, 0.4) is 0 Å². The lowest BCUT2D eigenvalue weighted by Gasteiger charge is -2.32. The van der Waals surface area contributed by atoms with Gasteiger partial charge in [-0.3, -0.25) is 21.3 Å². The van der Waals surface area contributed by atoms with E-state index in [-0.39, 0.29) is 45.8 Å². The van der Waals surface area contributed by atoms with Gasteiger partial charge in [-0.25, -0.2) is 33.7 Å². The highest BCUT2D eigenvalue weighted by Gasteiger charge is 2.45. The van der Waals surface area contributed by atoms with Crippen LogP contribution in [-0.4, -0.2) is 81.3 Å². The fourth-order valence-corrected chi connectivity index (χ4v) is 13.9. The van der Waals surface area contributed by atoms with Crippen LogP contribution in [0.4, 0.5) is 0 Å². The summed E-state index contributed by atoms with van der Waals surface area (Å²) in [5.41, 5.74) is 3.22. The molecule has 280 valence electrons. The van der Waals surface area contributed by atoms with Gasteiger partial charge in [-0.1, -0.05) is 70.8 Å². The lowest BCUT2D eigenvalue weighted by Crippen LogP contribution is -2.61. The van der Waals surface area contributed by atoms with Gasteiger partial charge in [0.1, 0.15) is 21.5 Å². The number of aryl methyl sites for hydroxylation is 4. The summed E-state index contributed by atoms with van der Waals surface area (Å²) in [4.78, 5) is -0.430. The summed E-state index contributed by atoms with van der Waals surface area (Å²) in [6, 6.07) is 24.1. The number of benzene rings is 4. The van der Waals surface area contributed by atoms with E-state index in [0.717, 1.165) is 22.3 Å². The van der Waals surface area contributed by atoms with Crippen LogP contribution in [-0.2, 0) is 39.3 Å². The van der Waals surface area contributed by atoms with Crippen LogP contribution in [0.5, 0.6) is 0 Å². The van der Waals surface area contributed by atoms with E-state index in [4.69, 9.17) is 0 Å². The first-order valence-electron chi connectivity index (χ1n) is 16.6. The van der Waals surface area contributed by atoms with Crippen molar-refractivity contribution in [3.63, 3.8) is 0 Å². The third-order valence-electron chi connectivity index (χ3n) is 8.92. The van der Waals surface area contributed by atoms with Gasteiger partial charge in [-0.2, -0.15) is 0 Å². The Balaban J connectivity index is 1.60. The zero-order valence-corrected chi connectivity index (χ0v) is 32.5. The summed E-state index contributed by atoms with van der Waals surface area (Å²) >= 11 is 0. The summed E-state index contributed by atoms with van der Waals surface area (Å²) in [5.74, 6) is 0. The molecule has 0 amide bonds. The van der Waals surface area contributed by atoms with E-state index in [1.54, 1.807) is 76.2 Å². The van der Waals surface area contributed by atoms with Crippen molar-refractivity contribution in [1.29, 1.82) is 0 Å². The Morgan fingerprint density at radius 2 is 0.481 bits per heavy atom. The quantitative estimate of drug-likeness (QED) is 0.205. The van der Waals surface area contributed by atoms with E-state index in [0.29, 0.717) is 0 Å². The average Bonchev–Trinajstić information content (AvgIpc) is 3.09. The van der Waals surface area contributed by atoms with E-state index >= 15 is 0 Å². The minimum Gasteiger partial charge on any atom is -0.297 e. The van der Waals surface area contributed by atoms with E-state index < -0.39 is 60.8 Å². The third-order valence-corrected chi connectivity index (χ3v) is 17.4. The lowest BCUT2D eigenvalue weighted by molar-refractivity contribution is 0.431. The SMILES string of the molecule is Cc1ccc(S(=O)(=O)C2NCCNC(S(=O)(=O)c3ccc(C)cc3)C(S(=O)(=O)c3ccc(C)cc3)NCCNC2S(=O)(=O)c2ccc(C)cc2)cc1. The molecule has 1 heterocycles. The molecule has 4 aromatic carbocycles. The zero-order chi connectivity index (χ0) is 37.9. The molecule has 5 rings (SSSR count). The molecule has 0 aliphatic carbocycles. The summed E-state index contributed by atoms with van der Waals surface area (Å²) in [5, 5.41) is 4.59. The van der Waals surface area contributed by atoms with Crippen molar-refractivity contribution >= 4 is 39.3 Å². The van der Waals surface area contributed by atoms with Gasteiger partial charge in [0.2, 0.25) is 0 Å². The average molecular weight is 789 g/mol. The van der Waals surface area contributed by atoms with Gasteiger partial charge in [0, 0.05) is 26.2 Å². The van der Waals surface area contributed by atoms with Crippen LogP contribution in [0.15, 0.2) is 117 Å². The van der Waals surface area contributed by atoms with Crippen molar-refractivity contribution in [2.75, 3.05) is 26.2 Å². The topological polar surface area (TPSA) is 185 Å². The molecule has 4 N–H and O–H groups in total. The van der Waals surface area contributed by atoms with Gasteiger partial charge < -0.3 is 0 Å². The molecular weight excluding hydrogens is 745 g/mol. The first-order chi connectivity index (χ1) is 24.5. The summed E-state index contributed by atoms with van der Waals surface area (Å²) in [6.07, 6.45) is 0. The maximum Gasteiger partial charge on any atom is 0.196 e. The van der Waals surface area contributed by atoms with Crippen molar-refractivity contribution in [2.45, 2.75) is 68.8 Å². The van der Waals surface area contributed by atoms with E-state index in [9.17, 15) is 33.7 Å². The second-order valence-corrected chi connectivity index (χ2v) is 21.2. The molecule has 12 nitrogen and oxygen atoms in total. The Kier molecular flexibility index (Phi) is 12.1. The van der Waals surface area contributed by atoms with Crippen LogP contribution in [0.25, 0.3) is 0 Å². The third kappa shape index (κ3) is 8.50. The van der Waals surface area contributed by atoms with Crippen molar-refractivity contribution in [3.8, 4) is 0 Å². The fourth-order valence-electron chi connectivity index (χ4n) is 5.87. The molecule has 0 spiro atoms. The van der Waals surface area contributed by atoms with Crippen molar-refractivity contribution < 1.29 is 33.7 Å². The normalized spacial score (nSPS) is 21.5. The Morgan fingerprint density at radius 3 is 0.635 bits per heavy atom. The van der Waals surface area contributed by atoms with Gasteiger partial charge in [-0.15, -0.1) is 0 Å². The maximum atomic E-state index is 14.3. The van der Waals surface area contributed by atoms with Crippen LogP contribution < -0.4 is 21.3 Å². The second-order valence-electron chi connectivity index (χ2n) is 12.9. The van der Waals surface area contributed by atoms with E-state index in [2.05, 4.69) is 21.3 Å². The van der Waals surface area contributed by atoms with Crippen LogP contribution in [0, 0.1) is 27.7 Å². The molecule has 4 unspecified atom stereocenters. The molecule has 0 radical (unpaired) electrons. The van der Waals surface area contributed by atoms with Gasteiger partial charge in [-0.05, 0) is 76.2 Å². The van der Waals surface area contributed by atoms with Gasteiger partial charge in [0.05, 0.1) is 19.6 Å². The largest absolute Gasteiger partial charge is 0.297 e. The van der Waals surface area contributed by atoms with Crippen LogP contribution >= 0.6 is 0 Å². The molecule has 0 aromatic heterocycles. The molecule has 16 heteroatoms. The Hall–Kier alpha value is -3.48. The van der Waals surface area contributed by atoms with Crippen LogP contribution in [0.2, 0.25) is 0 Å². The predicted molar refractivity (Wildman–Crippen MR) is 201 cm³/mol. The van der Waals surface area contributed by atoms with Gasteiger partial charge >= 0.3 is 0 Å². The standard InChI is InChI=1S/C36H44N4O8S4/c1-25-5-13-29(14-6-25)49(41,42)33-34(50(43,44)30-15-7-26(2)8-16-30)38-23-24-40-36(52(47,48)32-19-11-28(4)12-20-32)35(39-22-21-37-33)51(45,46)31-17-9-27(3)10-18-31/h5-20,33-40H,21-24H2,1-4H3. The van der Waals surface area contributed by atoms with Gasteiger partial charge in [0.25, 0.3) is 0 Å². The molecule has 1 saturated heterocycles. The predicted octanol–water partition coefficient (Wildman–Crippen LogP) is 2.79. The number of hydrogen-bond donors (Lipinski definition) is 4. The minimum absolute atomic E-state index is 0.108. The first-order valence-corrected chi connectivity index (χ1v) is 22.8. The molecule has 52 heavy (non-hydrogen) atoms. The maximum absolute atomic E-state index is 14.3. The highest BCUT2D eigenvalue weighted by Crippen LogP contribution is 2.27. The summed E-state index contributed by atoms with van der Waals surface area (Å²) in [6.45, 7) is 6.16. The molecule has 0 saturated carbocycles. The molecule has 1 fully saturated rings. The van der Waals surface area contributed by atoms with Crippen molar-refractivity contribution in [3.05, 3.63) is 119 Å². The zero-order valence-electron chi connectivity index (χ0n) is 29.3. The van der Waals surface area contributed by atoms with Gasteiger partial charge in [0.15, 0.2) is 39.3 Å². The van der Waals surface area contributed by atoms with Crippen molar-refractivity contribution in [1.82, 2.24) is 21.3 Å². The Bertz CT molecular complexity index is 1960. The number of nitrogens with one attached hydrogen (secondary N) is 4. The molecule has 0 bridgehead atoms. The summed E-state index contributed by atoms with van der Waals surface area (Å²) in [7, 11) is -17.6. The summed E-state index contributed by atoms with van der Waals surface area (Å²) < 4.78 is 114. The fraction of sp³-hybridized carbons (Fsp3) is 0.333. The molecule has 4 aromatic rings. The lowest BCUT2D eigenvalue weighted by atomic mass is 10.2. The molecule has 4 atom stereocenters. The van der Waals surface area contributed by atoms with Crippen molar-refractivity contribution in [2.24, 2.45) is 0 Å². The number of rotatable bonds is 8. The molecular formula is C36H44N4O8S4. The highest BCUT2D eigenvalue weighted by molar-refractivity contribution is 7.96. The van der Waals surface area contributed by atoms with E-state index in [1.807, 2.05) is 0 Å². The van der Waals surface area contributed by atoms with E-state index in [1.165, 1.54) is 48.5 Å². The number of sulfone groups is 4. The molecule has 1 aliphatic heterocycles. The second kappa shape index (κ2) is 15.9. The monoisotopic (exact) mass is 788 g/mol. The molecule has 1 aliphatic rings. The Morgan fingerprint density at radius 1 is 0.327 bits per heavy atom. The first kappa shape index (κ1) is 39.7. The minimum atomic E-state index is -4.39. The highest BCUT2D eigenvalue weighted by atomic mass is 32.2. The Labute approximate surface area is 307 Å². The smallest absolute Gasteiger partial charge is 0.196 e. The number of hydrogen-bond acceptors (Lipinski definition) is 12. The van der Waals surface area contributed by atoms with Crippen LogP contribution in [0.1, 0.15) is 22.3 Å².